The van der Waals surface area contributed by atoms with E-state index in [9.17, 15) is 4.39 Å². The molecule has 38 heavy (non-hydrogen) atoms. The number of ether oxygens (including phenoxy) is 1. The third-order valence-corrected chi connectivity index (χ3v) is 7.29. The molecule has 0 radical (unpaired) electrons. The van der Waals surface area contributed by atoms with Gasteiger partial charge in [-0.15, -0.1) is 17.2 Å². The summed E-state index contributed by atoms with van der Waals surface area (Å²) >= 11 is 9.28. The number of hydrogen-bond acceptors (Lipinski definition) is 4. The summed E-state index contributed by atoms with van der Waals surface area (Å²) in [5.41, 5.74) is 13.3. The smallest absolute Gasteiger partial charge is 0.235 e. The lowest BCUT2D eigenvalue weighted by molar-refractivity contribution is 0.552. The van der Waals surface area contributed by atoms with Crippen LogP contribution in [-0.2, 0) is 0 Å². The van der Waals surface area contributed by atoms with Gasteiger partial charge >= 0.3 is 0 Å². The topological polar surface area (TPSA) is 33.6 Å². The molecular weight excluding hydrogens is 559 g/mol. The Bertz CT molecular complexity index is 1600. The average Bonchev–Trinajstić information content (AvgIpc) is 3.76. The predicted molar refractivity (Wildman–Crippen MR) is 160 cm³/mol. The quantitative estimate of drug-likeness (QED) is 0.202. The van der Waals surface area contributed by atoms with E-state index in [1.807, 2.05) is 60.7 Å². The summed E-state index contributed by atoms with van der Waals surface area (Å²) in [6.45, 7) is 3.90. The third kappa shape index (κ3) is 5.77. The van der Waals surface area contributed by atoms with Gasteiger partial charge in [0.25, 0.3) is 0 Å². The summed E-state index contributed by atoms with van der Waals surface area (Å²) in [4.78, 5) is 5.20. The van der Waals surface area contributed by atoms with Crippen LogP contribution in [0.5, 0.6) is 5.75 Å². The zero-order chi connectivity index (χ0) is 26.5. The second-order valence-electron chi connectivity index (χ2n) is 8.85. The number of anilines is 1. The highest BCUT2D eigenvalue weighted by molar-refractivity contribution is 9.11. The van der Waals surface area contributed by atoms with Gasteiger partial charge in [0.2, 0.25) is 5.90 Å². The number of benzene rings is 2. The Hall–Kier alpha value is -4.01. The lowest BCUT2D eigenvalue weighted by Crippen LogP contribution is -2.19. The molecule has 2 aliphatic carbocycles. The van der Waals surface area contributed by atoms with Gasteiger partial charge in [0.15, 0.2) is 0 Å². The van der Waals surface area contributed by atoms with Crippen LogP contribution >= 0.6 is 28.1 Å². The van der Waals surface area contributed by atoms with Crippen LogP contribution < -0.4 is 10.1 Å². The number of aliphatic imine (C=N–C) groups is 1. The number of thiocarbonyl (C=S) groups is 1. The van der Waals surface area contributed by atoms with Gasteiger partial charge in [0.05, 0.1) is 22.9 Å². The van der Waals surface area contributed by atoms with E-state index in [0.29, 0.717) is 11.6 Å². The molecule has 3 nitrogen and oxygen atoms in total. The number of nitrogens with zero attached hydrogens (tertiary/aromatic N) is 1. The van der Waals surface area contributed by atoms with Crippen LogP contribution in [-0.4, -0.2) is 10.8 Å². The van der Waals surface area contributed by atoms with Crippen LogP contribution in [0.1, 0.15) is 18.4 Å². The molecule has 0 aromatic heterocycles. The Morgan fingerprint density at radius 2 is 1.95 bits per heavy atom. The van der Waals surface area contributed by atoms with Crippen molar-refractivity contribution in [3.05, 3.63) is 142 Å². The number of allylic oxidation sites excluding steroid dienone is 6. The molecule has 6 heteroatoms. The molecule has 2 aromatic rings. The normalized spacial score (nSPS) is 16.7. The van der Waals surface area contributed by atoms with E-state index >= 15 is 0 Å². The minimum atomic E-state index is -0.305. The first kappa shape index (κ1) is 25.6. The number of nitrogens with one attached hydrogen (secondary N) is 1. The maximum atomic E-state index is 13.2. The molecule has 1 N–H and O–H groups in total. The molecule has 0 amide bonds. The van der Waals surface area contributed by atoms with Gasteiger partial charge in [-0.1, -0.05) is 52.9 Å². The summed E-state index contributed by atoms with van der Waals surface area (Å²) in [5.74, 6) is 0.812. The molecule has 186 valence electrons. The lowest BCUT2D eigenvalue weighted by Gasteiger charge is -2.19. The van der Waals surface area contributed by atoms with Gasteiger partial charge in [0.1, 0.15) is 11.6 Å². The van der Waals surface area contributed by atoms with E-state index in [4.69, 9.17) is 17.0 Å². The minimum absolute atomic E-state index is 0.262. The number of hydrogen-bond donors (Lipinski definition) is 1. The molecule has 0 atom stereocenters. The molecule has 1 aliphatic heterocycles. The van der Waals surface area contributed by atoms with Crippen molar-refractivity contribution in [3.63, 3.8) is 0 Å². The first-order valence-corrected chi connectivity index (χ1v) is 13.1. The number of halogens is 2. The summed E-state index contributed by atoms with van der Waals surface area (Å²) in [6.07, 6.45) is 14.8. The second kappa shape index (κ2) is 11.2. The molecular formula is C32H22BrFN2OS. The van der Waals surface area contributed by atoms with Crippen LogP contribution in [0.3, 0.4) is 0 Å². The Balaban J connectivity index is 1.28. The second-order valence-corrected chi connectivity index (χ2v) is 10.2. The van der Waals surface area contributed by atoms with Crippen molar-refractivity contribution in [3.8, 4) is 5.75 Å². The highest BCUT2D eigenvalue weighted by Gasteiger charge is 2.49. The van der Waals surface area contributed by atoms with Crippen LogP contribution in [0.2, 0.25) is 0 Å². The molecule has 0 bridgehead atoms. The summed E-state index contributed by atoms with van der Waals surface area (Å²) in [5, 5.41) is 3.44. The Kier molecular flexibility index (Phi) is 7.53. The Morgan fingerprint density at radius 1 is 1.18 bits per heavy atom. The fourth-order valence-corrected chi connectivity index (χ4v) is 4.82. The predicted octanol–water partition coefficient (Wildman–Crippen LogP) is 8.53. The fraction of sp³-hybridized carbons (Fsp3) is 0.0938. The van der Waals surface area contributed by atoms with E-state index in [-0.39, 0.29) is 11.2 Å². The van der Waals surface area contributed by atoms with Gasteiger partial charge in [-0.05, 0) is 85.2 Å². The van der Waals surface area contributed by atoms with E-state index in [0.717, 1.165) is 50.3 Å². The van der Waals surface area contributed by atoms with E-state index in [2.05, 4.69) is 50.0 Å². The van der Waals surface area contributed by atoms with Gasteiger partial charge in [-0.2, -0.15) is 0 Å². The highest BCUT2D eigenvalue weighted by Crippen LogP contribution is 2.53. The summed E-state index contributed by atoms with van der Waals surface area (Å²) in [6, 6.07) is 13.9. The van der Waals surface area contributed by atoms with Crippen LogP contribution in [0.25, 0.3) is 6.08 Å². The van der Waals surface area contributed by atoms with Gasteiger partial charge in [0, 0.05) is 20.6 Å². The maximum Gasteiger partial charge on any atom is 0.235 e. The van der Waals surface area contributed by atoms with Crippen molar-refractivity contribution in [1.82, 2.24) is 0 Å². The molecule has 3 aliphatic rings. The van der Waals surface area contributed by atoms with Crippen LogP contribution in [0, 0.1) is 11.2 Å². The summed E-state index contributed by atoms with van der Waals surface area (Å²) in [7, 11) is 0. The maximum absolute atomic E-state index is 13.2. The molecule has 1 saturated carbocycles. The van der Waals surface area contributed by atoms with Crippen molar-refractivity contribution in [2.75, 3.05) is 5.32 Å². The third-order valence-electron chi connectivity index (χ3n) is 6.27. The van der Waals surface area contributed by atoms with Gasteiger partial charge < -0.3 is 10.1 Å². The van der Waals surface area contributed by atoms with E-state index in [1.54, 1.807) is 18.3 Å². The van der Waals surface area contributed by atoms with Crippen molar-refractivity contribution < 1.29 is 9.13 Å². The minimum Gasteiger partial charge on any atom is -0.438 e. The van der Waals surface area contributed by atoms with E-state index in [1.165, 1.54) is 12.1 Å². The van der Waals surface area contributed by atoms with E-state index < -0.39 is 0 Å². The lowest BCUT2D eigenvalue weighted by atomic mass is 9.96. The molecule has 1 fully saturated rings. The molecule has 0 spiro atoms. The van der Waals surface area contributed by atoms with Crippen molar-refractivity contribution in [2.24, 2.45) is 10.4 Å². The van der Waals surface area contributed by atoms with Crippen LogP contribution in [0.4, 0.5) is 10.1 Å². The van der Waals surface area contributed by atoms with Gasteiger partial charge in [-0.3, -0.25) is 0 Å². The largest absolute Gasteiger partial charge is 0.438 e. The average molecular weight is 582 g/mol. The van der Waals surface area contributed by atoms with Crippen molar-refractivity contribution >= 4 is 50.7 Å². The fourth-order valence-electron chi connectivity index (χ4n) is 4.07. The number of fused-ring (bicyclic) bond motifs is 1. The first-order chi connectivity index (χ1) is 18.5. The molecule has 2 aromatic carbocycles. The Morgan fingerprint density at radius 3 is 2.66 bits per heavy atom. The highest BCUT2D eigenvalue weighted by atomic mass is 79.9. The molecule has 5 rings (SSSR count). The molecule has 1 heterocycles. The SMILES string of the molecule is C=C=C(Nc1ccc(OC2=NC=C=CC3=CC(Br)=CC=C=C32)cc1)C1(C(=S)/C=C/c2ccc(F)cc2)CC1. The summed E-state index contributed by atoms with van der Waals surface area (Å²) < 4.78 is 20.2. The molecule has 0 unspecified atom stereocenters. The van der Waals surface area contributed by atoms with Crippen molar-refractivity contribution in [1.29, 1.82) is 0 Å². The van der Waals surface area contributed by atoms with Gasteiger partial charge in [-0.25, -0.2) is 9.38 Å². The standard InChI is InChI=1S/C32H22BrFN2OS/c1-2-29(32(18-19-32)30(38)17-10-22-8-11-25(34)12-9-22)36-26-13-15-27(16-14-26)37-31-28-7-3-6-24(33)21-23(28)5-4-20-35-31/h3,5-6,8-17,20-21,36H,1,18-19H2/b17-10+. The number of rotatable bonds is 7. The Labute approximate surface area is 235 Å². The molecule has 0 saturated heterocycles. The zero-order valence-electron chi connectivity index (χ0n) is 20.3. The first-order valence-electron chi connectivity index (χ1n) is 11.9. The zero-order valence-corrected chi connectivity index (χ0v) is 22.7. The monoisotopic (exact) mass is 580 g/mol. The van der Waals surface area contributed by atoms with Crippen molar-refractivity contribution in [2.45, 2.75) is 12.8 Å². The van der Waals surface area contributed by atoms with Crippen LogP contribution in [0.15, 0.2) is 135 Å².